The molecular formula is C24H30. The van der Waals surface area contributed by atoms with Crippen LogP contribution in [0.2, 0.25) is 0 Å². The van der Waals surface area contributed by atoms with E-state index in [-0.39, 0.29) is 0 Å². The van der Waals surface area contributed by atoms with Gasteiger partial charge < -0.3 is 0 Å². The molecule has 0 radical (unpaired) electrons. The second kappa shape index (κ2) is 9.33. The molecule has 0 bridgehead atoms. The zero-order valence-corrected chi connectivity index (χ0v) is 15.7. The summed E-state index contributed by atoms with van der Waals surface area (Å²) in [6.45, 7) is 8.97. The van der Waals surface area contributed by atoms with Crippen LogP contribution in [0.25, 0.3) is 11.1 Å². The average molecular weight is 319 g/mol. The highest BCUT2D eigenvalue weighted by atomic mass is 14.2. The number of unbranched alkanes of at least 4 members (excludes halogenated alkanes) is 3. The fourth-order valence-electron chi connectivity index (χ4n) is 3.06. The minimum absolute atomic E-state index is 0.991. The molecule has 0 heteroatoms. The van der Waals surface area contributed by atoms with E-state index in [0.717, 1.165) is 12.8 Å². The Balaban J connectivity index is 2.58. The van der Waals surface area contributed by atoms with Gasteiger partial charge in [-0.3, -0.25) is 0 Å². The van der Waals surface area contributed by atoms with Crippen molar-refractivity contribution in [2.24, 2.45) is 0 Å². The van der Waals surface area contributed by atoms with Gasteiger partial charge in [-0.1, -0.05) is 68.9 Å². The van der Waals surface area contributed by atoms with Crippen LogP contribution in [0.5, 0.6) is 0 Å². The van der Waals surface area contributed by atoms with Gasteiger partial charge in [-0.05, 0) is 67.0 Å². The van der Waals surface area contributed by atoms with Crippen molar-refractivity contribution < 1.29 is 0 Å². The van der Waals surface area contributed by atoms with E-state index in [9.17, 15) is 0 Å². The van der Waals surface area contributed by atoms with Crippen LogP contribution in [0.1, 0.15) is 68.2 Å². The maximum absolute atomic E-state index is 3.54. The van der Waals surface area contributed by atoms with Gasteiger partial charge in [0.25, 0.3) is 0 Å². The predicted octanol–water partition coefficient (Wildman–Crippen LogP) is 6.85. The number of hydrogen-bond donors (Lipinski definition) is 0. The molecule has 2 aromatic rings. The van der Waals surface area contributed by atoms with Crippen molar-refractivity contribution in [3.63, 3.8) is 0 Å². The van der Waals surface area contributed by atoms with Crippen LogP contribution in [-0.4, -0.2) is 0 Å². The summed E-state index contributed by atoms with van der Waals surface area (Å²) in [5.41, 5.74) is 8.09. The van der Waals surface area contributed by atoms with Gasteiger partial charge >= 0.3 is 0 Å². The van der Waals surface area contributed by atoms with Crippen molar-refractivity contribution in [1.82, 2.24) is 0 Å². The number of aryl methyl sites for hydroxylation is 1. The molecule has 0 saturated carbocycles. The lowest BCUT2D eigenvalue weighted by Crippen LogP contribution is -2.01. The molecular weight excluding hydrogens is 288 g/mol. The lowest BCUT2D eigenvalue weighted by atomic mass is 9.87. The summed E-state index contributed by atoms with van der Waals surface area (Å²) in [6, 6.07) is 13.0. The summed E-state index contributed by atoms with van der Waals surface area (Å²) in [5, 5.41) is 0. The van der Waals surface area contributed by atoms with Crippen LogP contribution >= 0.6 is 0 Å². The lowest BCUT2D eigenvalue weighted by molar-refractivity contribution is 0.789. The maximum Gasteiger partial charge on any atom is 0.0358 e. The van der Waals surface area contributed by atoms with Gasteiger partial charge in [0.05, 0.1) is 0 Å². The van der Waals surface area contributed by atoms with Gasteiger partial charge in [-0.2, -0.15) is 0 Å². The third-order valence-corrected chi connectivity index (χ3v) is 4.71. The van der Waals surface area contributed by atoms with Crippen molar-refractivity contribution in [3.8, 4) is 23.0 Å². The predicted molar refractivity (Wildman–Crippen MR) is 106 cm³/mol. The monoisotopic (exact) mass is 318 g/mol. The van der Waals surface area contributed by atoms with Gasteiger partial charge in [0.2, 0.25) is 0 Å². The van der Waals surface area contributed by atoms with E-state index in [0.29, 0.717) is 0 Å². The molecule has 0 spiro atoms. The Morgan fingerprint density at radius 1 is 0.917 bits per heavy atom. The normalized spacial score (nSPS) is 10.3. The van der Waals surface area contributed by atoms with Gasteiger partial charge in [0, 0.05) is 12.0 Å². The third-order valence-electron chi connectivity index (χ3n) is 4.71. The van der Waals surface area contributed by atoms with Gasteiger partial charge in [0.15, 0.2) is 0 Å². The zero-order valence-electron chi connectivity index (χ0n) is 15.7. The number of benzene rings is 2. The molecule has 0 unspecified atom stereocenters. The first-order chi connectivity index (χ1) is 11.7. The Morgan fingerprint density at radius 3 is 2.29 bits per heavy atom. The molecule has 0 amide bonds. The summed E-state index contributed by atoms with van der Waals surface area (Å²) in [6.07, 6.45) is 6.95. The fraction of sp³-hybridized carbons (Fsp3) is 0.417. The zero-order chi connectivity index (χ0) is 17.4. The molecule has 0 fully saturated rings. The second-order valence-electron chi connectivity index (χ2n) is 6.59. The second-order valence-corrected chi connectivity index (χ2v) is 6.59. The Kier molecular flexibility index (Phi) is 7.13. The first-order valence-corrected chi connectivity index (χ1v) is 9.36. The Morgan fingerprint density at radius 2 is 1.62 bits per heavy atom. The molecule has 0 heterocycles. The minimum atomic E-state index is 0.991. The number of hydrogen-bond acceptors (Lipinski definition) is 0. The quantitative estimate of drug-likeness (QED) is 0.403. The van der Waals surface area contributed by atoms with Crippen LogP contribution in [0.3, 0.4) is 0 Å². The highest BCUT2D eigenvalue weighted by Crippen LogP contribution is 2.31. The smallest absolute Gasteiger partial charge is 0.0358 e. The Bertz CT molecular complexity index is 711. The van der Waals surface area contributed by atoms with E-state index in [1.807, 2.05) is 0 Å². The van der Waals surface area contributed by atoms with E-state index < -0.39 is 0 Å². The molecule has 0 aromatic heterocycles. The molecule has 0 nitrogen and oxygen atoms in total. The Hall–Kier alpha value is -2.00. The molecule has 0 saturated heterocycles. The first kappa shape index (κ1) is 18.3. The Labute approximate surface area is 148 Å². The highest BCUT2D eigenvalue weighted by Gasteiger charge is 2.13. The van der Waals surface area contributed by atoms with E-state index in [1.165, 1.54) is 59.1 Å². The van der Waals surface area contributed by atoms with E-state index >= 15 is 0 Å². The largest absolute Gasteiger partial charge is 0.0979 e. The van der Waals surface area contributed by atoms with Crippen molar-refractivity contribution in [2.45, 2.75) is 66.2 Å². The molecule has 2 aromatic carbocycles. The van der Waals surface area contributed by atoms with Gasteiger partial charge in [0.1, 0.15) is 0 Å². The molecule has 2 rings (SSSR count). The van der Waals surface area contributed by atoms with Crippen LogP contribution < -0.4 is 0 Å². The van der Waals surface area contributed by atoms with E-state index in [4.69, 9.17) is 0 Å². The summed E-state index contributed by atoms with van der Waals surface area (Å²) in [7, 11) is 0. The van der Waals surface area contributed by atoms with E-state index in [2.05, 4.69) is 75.9 Å². The van der Waals surface area contributed by atoms with Crippen LogP contribution in [-0.2, 0) is 6.42 Å². The average Bonchev–Trinajstić information content (AvgIpc) is 2.61. The highest BCUT2D eigenvalue weighted by molar-refractivity contribution is 5.75. The summed E-state index contributed by atoms with van der Waals surface area (Å²) < 4.78 is 0. The van der Waals surface area contributed by atoms with Crippen LogP contribution in [0, 0.1) is 25.7 Å². The molecule has 24 heavy (non-hydrogen) atoms. The number of rotatable bonds is 6. The molecule has 0 aliphatic heterocycles. The molecule has 0 atom stereocenters. The maximum atomic E-state index is 3.54. The van der Waals surface area contributed by atoms with Crippen LogP contribution in [0.4, 0.5) is 0 Å². The SMILES string of the molecule is CCCCC#Cc1c(-c2ccccc2)cc(C)c(C)c1CCCC. The van der Waals surface area contributed by atoms with Gasteiger partial charge in [-0.25, -0.2) is 0 Å². The molecule has 126 valence electrons. The van der Waals surface area contributed by atoms with Crippen molar-refractivity contribution in [1.29, 1.82) is 0 Å². The topological polar surface area (TPSA) is 0 Å². The summed E-state index contributed by atoms with van der Waals surface area (Å²) in [4.78, 5) is 0. The molecule has 0 N–H and O–H groups in total. The van der Waals surface area contributed by atoms with Crippen molar-refractivity contribution >= 4 is 0 Å². The van der Waals surface area contributed by atoms with E-state index in [1.54, 1.807) is 0 Å². The van der Waals surface area contributed by atoms with Crippen LogP contribution in [0.15, 0.2) is 36.4 Å². The fourth-order valence-corrected chi connectivity index (χ4v) is 3.06. The third kappa shape index (κ3) is 4.51. The molecule has 0 aliphatic carbocycles. The lowest BCUT2D eigenvalue weighted by Gasteiger charge is -2.16. The minimum Gasteiger partial charge on any atom is -0.0979 e. The first-order valence-electron chi connectivity index (χ1n) is 9.36. The van der Waals surface area contributed by atoms with Crippen molar-refractivity contribution in [3.05, 3.63) is 58.7 Å². The van der Waals surface area contributed by atoms with Crippen molar-refractivity contribution in [2.75, 3.05) is 0 Å². The van der Waals surface area contributed by atoms with Gasteiger partial charge in [-0.15, -0.1) is 0 Å². The summed E-state index contributed by atoms with van der Waals surface area (Å²) in [5.74, 6) is 6.97. The standard InChI is InChI=1S/C24H30/c1-5-7-9-13-17-23-22(16-8-6-2)20(4)19(3)18-24(23)21-14-11-10-12-15-21/h10-12,14-15,18H,5-9,16H2,1-4H3. The summed E-state index contributed by atoms with van der Waals surface area (Å²) >= 11 is 0. The molecule has 0 aliphatic rings.